The van der Waals surface area contributed by atoms with Crippen LogP contribution in [0.2, 0.25) is 0 Å². The van der Waals surface area contributed by atoms with Crippen molar-refractivity contribution >= 4 is 29.5 Å². The van der Waals surface area contributed by atoms with Gasteiger partial charge in [-0.25, -0.2) is 4.99 Å². The monoisotopic (exact) mass is 142 g/mol. The van der Waals surface area contributed by atoms with E-state index in [0.29, 0.717) is 0 Å². The summed E-state index contributed by atoms with van der Waals surface area (Å²) >= 11 is 4.61. The van der Waals surface area contributed by atoms with E-state index in [9.17, 15) is 4.79 Å². The van der Waals surface area contributed by atoms with Crippen LogP contribution in [-0.2, 0) is 4.79 Å². The summed E-state index contributed by atoms with van der Waals surface area (Å²) < 4.78 is 0. The molecule has 0 fully saturated rings. The molecule has 1 amide bonds. The predicted molar refractivity (Wildman–Crippen MR) is 38.4 cm³/mol. The molecule has 0 aromatic carbocycles. The van der Waals surface area contributed by atoms with Gasteiger partial charge in [0.15, 0.2) is 5.11 Å². The summed E-state index contributed by atoms with van der Waals surface area (Å²) in [5.41, 5.74) is 0. The number of hydrogen-bond donors (Lipinski definition) is 1. The van der Waals surface area contributed by atoms with Gasteiger partial charge in [0.1, 0.15) is 0 Å². The minimum absolute atomic E-state index is 0.0741. The van der Waals surface area contributed by atoms with Crippen LogP contribution in [0.3, 0.4) is 0 Å². The van der Waals surface area contributed by atoms with Gasteiger partial charge in [0.05, 0.1) is 5.92 Å². The lowest BCUT2D eigenvalue weighted by Crippen LogP contribution is -2.37. The molecule has 4 heteroatoms. The molecule has 0 aromatic heterocycles. The Balaban J connectivity index is 2.76. The van der Waals surface area contributed by atoms with E-state index in [1.165, 1.54) is 0 Å². The minimum atomic E-state index is -0.142. The van der Waals surface area contributed by atoms with E-state index < -0.39 is 0 Å². The van der Waals surface area contributed by atoms with Gasteiger partial charge in [-0.3, -0.25) is 4.79 Å². The Morgan fingerprint density at radius 2 is 2.56 bits per heavy atom. The zero-order chi connectivity index (χ0) is 6.85. The molecular weight excluding hydrogens is 136 g/mol. The molecule has 1 aliphatic rings. The Labute approximate surface area is 58.2 Å². The van der Waals surface area contributed by atoms with Crippen LogP contribution >= 0.6 is 12.2 Å². The van der Waals surface area contributed by atoms with Gasteiger partial charge >= 0.3 is 0 Å². The molecule has 1 atom stereocenters. The van der Waals surface area contributed by atoms with Crippen molar-refractivity contribution in [1.29, 1.82) is 0 Å². The van der Waals surface area contributed by atoms with Crippen LogP contribution in [0, 0.1) is 5.92 Å². The van der Waals surface area contributed by atoms with Gasteiger partial charge in [-0.1, -0.05) is 0 Å². The number of rotatable bonds is 0. The SMILES string of the molecule is CC1C=NC(=S)NC1=O. The fourth-order valence-corrected chi connectivity index (χ4v) is 0.660. The van der Waals surface area contributed by atoms with Crippen molar-refractivity contribution in [3.05, 3.63) is 0 Å². The quantitative estimate of drug-likeness (QED) is 0.488. The van der Waals surface area contributed by atoms with E-state index in [2.05, 4.69) is 22.5 Å². The molecule has 0 aliphatic carbocycles. The Morgan fingerprint density at radius 3 is 3.00 bits per heavy atom. The second kappa shape index (κ2) is 2.23. The molecule has 1 aliphatic heterocycles. The molecule has 1 heterocycles. The molecule has 0 radical (unpaired) electrons. The smallest absolute Gasteiger partial charge is 0.234 e. The predicted octanol–water partition coefficient (Wildman–Crippen LogP) is 0.108. The first-order chi connectivity index (χ1) is 4.20. The van der Waals surface area contributed by atoms with Crippen molar-refractivity contribution in [2.75, 3.05) is 0 Å². The van der Waals surface area contributed by atoms with Crippen LogP contribution < -0.4 is 5.32 Å². The number of nitrogens with zero attached hydrogens (tertiary/aromatic N) is 1. The van der Waals surface area contributed by atoms with Gasteiger partial charge in [0.2, 0.25) is 5.91 Å². The first-order valence-corrected chi connectivity index (χ1v) is 3.00. The number of carbonyl (C=O) groups is 1. The van der Waals surface area contributed by atoms with Crippen molar-refractivity contribution in [3.8, 4) is 0 Å². The highest BCUT2D eigenvalue weighted by Crippen LogP contribution is 1.95. The Hall–Kier alpha value is -0.770. The fourth-order valence-electron chi connectivity index (χ4n) is 0.499. The van der Waals surface area contributed by atoms with E-state index >= 15 is 0 Å². The third-order valence-corrected chi connectivity index (χ3v) is 1.27. The maximum Gasteiger partial charge on any atom is 0.234 e. The largest absolute Gasteiger partial charge is 0.301 e. The van der Waals surface area contributed by atoms with Gasteiger partial charge < -0.3 is 5.32 Å². The van der Waals surface area contributed by atoms with Gasteiger partial charge in [0.25, 0.3) is 0 Å². The Kier molecular flexibility index (Phi) is 1.57. The molecule has 0 saturated carbocycles. The molecule has 0 bridgehead atoms. The number of hydrogen-bond acceptors (Lipinski definition) is 2. The number of carbonyl (C=O) groups excluding carboxylic acids is 1. The summed E-state index contributed by atoms with van der Waals surface area (Å²) in [6.45, 7) is 1.76. The lowest BCUT2D eigenvalue weighted by molar-refractivity contribution is -0.121. The lowest BCUT2D eigenvalue weighted by Gasteiger charge is -2.10. The molecular formula is C5H6N2OS. The maximum atomic E-state index is 10.7. The van der Waals surface area contributed by atoms with Crippen LogP contribution in [0.15, 0.2) is 4.99 Å². The van der Waals surface area contributed by atoms with E-state index in [-0.39, 0.29) is 16.9 Å². The summed E-state index contributed by atoms with van der Waals surface area (Å²) in [6, 6.07) is 0. The van der Waals surface area contributed by atoms with Crippen molar-refractivity contribution in [2.45, 2.75) is 6.92 Å². The van der Waals surface area contributed by atoms with E-state index in [1.807, 2.05) is 0 Å². The van der Waals surface area contributed by atoms with Crippen molar-refractivity contribution in [1.82, 2.24) is 5.32 Å². The highest BCUT2D eigenvalue weighted by atomic mass is 32.1. The first-order valence-electron chi connectivity index (χ1n) is 2.59. The van der Waals surface area contributed by atoms with E-state index in [0.717, 1.165) is 0 Å². The molecule has 0 spiro atoms. The van der Waals surface area contributed by atoms with Gasteiger partial charge in [-0.05, 0) is 19.1 Å². The Bertz CT molecular complexity index is 187. The van der Waals surface area contributed by atoms with Crippen LogP contribution in [-0.4, -0.2) is 17.2 Å². The molecule has 48 valence electrons. The molecule has 0 aromatic rings. The highest BCUT2D eigenvalue weighted by molar-refractivity contribution is 7.80. The van der Waals surface area contributed by atoms with Crippen molar-refractivity contribution in [3.63, 3.8) is 0 Å². The number of thiocarbonyl (C=S) groups is 1. The van der Waals surface area contributed by atoms with Gasteiger partial charge in [0, 0.05) is 6.21 Å². The topological polar surface area (TPSA) is 41.5 Å². The van der Waals surface area contributed by atoms with Crippen molar-refractivity contribution in [2.24, 2.45) is 10.9 Å². The summed E-state index contributed by atoms with van der Waals surface area (Å²) in [5.74, 6) is -0.216. The zero-order valence-corrected chi connectivity index (χ0v) is 5.73. The number of nitrogens with one attached hydrogen (secondary N) is 1. The second-order valence-electron chi connectivity index (χ2n) is 1.86. The average molecular weight is 142 g/mol. The average Bonchev–Trinajstić information content (AvgIpc) is 1.80. The fraction of sp³-hybridized carbons (Fsp3) is 0.400. The third kappa shape index (κ3) is 1.32. The van der Waals surface area contributed by atoms with Crippen LogP contribution in [0.1, 0.15) is 6.92 Å². The van der Waals surface area contributed by atoms with Crippen molar-refractivity contribution < 1.29 is 4.79 Å². The molecule has 1 N–H and O–H groups in total. The molecule has 0 saturated heterocycles. The molecule has 1 rings (SSSR count). The maximum absolute atomic E-state index is 10.7. The highest BCUT2D eigenvalue weighted by Gasteiger charge is 2.15. The zero-order valence-electron chi connectivity index (χ0n) is 4.92. The van der Waals surface area contributed by atoms with Gasteiger partial charge in [-0.15, -0.1) is 0 Å². The number of amides is 1. The number of aliphatic imine (C=N–C) groups is 1. The molecule has 3 nitrogen and oxygen atoms in total. The minimum Gasteiger partial charge on any atom is -0.301 e. The summed E-state index contributed by atoms with van der Waals surface area (Å²) in [6.07, 6.45) is 1.54. The molecule has 9 heavy (non-hydrogen) atoms. The first kappa shape index (κ1) is 6.35. The summed E-state index contributed by atoms with van der Waals surface area (Å²) in [4.78, 5) is 14.5. The van der Waals surface area contributed by atoms with Crippen LogP contribution in [0.25, 0.3) is 0 Å². The van der Waals surface area contributed by atoms with Crippen LogP contribution in [0.5, 0.6) is 0 Å². The molecule has 1 unspecified atom stereocenters. The third-order valence-electron chi connectivity index (χ3n) is 1.06. The lowest BCUT2D eigenvalue weighted by atomic mass is 10.2. The standard InChI is InChI=1S/C5H6N2OS/c1-3-2-6-5(9)7-4(3)8/h2-3H,1H3,(H,7,8,9). The summed E-state index contributed by atoms with van der Waals surface area (Å²) in [5, 5.41) is 2.69. The second-order valence-corrected chi connectivity index (χ2v) is 2.25. The normalized spacial score (nSPS) is 26.1. The Morgan fingerprint density at radius 1 is 1.89 bits per heavy atom. The van der Waals surface area contributed by atoms with E-state index in [1.54, 1.807) is 13.1 Å². The van der Waals surface area contributed by atoms with E-state index in [4.69, 9.17) is 0 Å². The van der Waals surface area contributed by atoms with Gasteiger partial charge in [-0.2, -0.15) is 0 Å². The summed E-state index contributed by atoms with van der Waals surface area (Å²) in [7, 11) is 0. The van der Waals surface area contributed by atoms with Crippen LogP contribution in [0.4, 0.5) is 0 Å².